The van der Waals surface area contributed by atoms with Crippen LogP contribution in [0.5, 0.6) is 0 Å². The van der Waals surface area contributed by atoms with Crippen LogP contribution in [0.25, 0.3) is 0 Å². The van der Waals surface area contributed by atoms with Gasteiger partial charge in [-0.25, -0.2) is 4.68 Å². The Balaban J connectivity index is 2.93. The summed E-state index contributed by atoms with van der Waals surface area (Å²) in [7, 11) is 0. The molecule has 0 fully saturated rings. The summed E-state index contributed by atoms with van der Waals surface area (Å²) in [6.07, 6.45) is 1.08. The molecule has 0 unspecified atom stereocenters. The fraction of sp³-hybridized carbons (Fsp3) is 0. The number of rotatable bonds is 0. The second-order valence-electron chi connectivity index (χ2n) is 1.11. The lowest BCUT2D eigenvalue weighted by Gasteiger charge is -1.94. The van der Waals surface area contributed by atoms with Gasteiger partial charge in [-0.05, 0) is 0 Å². The fourth-order valence-electron chi connectivity index (χ4n) is 0.306. The smallest absolute Gasteiger partial charge is 0.165 e. The molecule has 5 nitrogen and oxygen atoms in total. The molecule has 0 N–H and O–H groups in total. The minimum atomic E-state index is -1.37. The van der Waals surface area contributed by atoms with Crippen molar-refractivity contribution in [3.05, 3.63) is 12.4 Å². The van der Waals surface area contributed by atoms with Gasteiger partial charge in [0.2, 0.25) is 0 Å². The zero-order chi connectivity index (χ0) is 5.98. The molecule has 0 saturated heterocycles. The molecule has 0 aliphatic heterocycles. The van der Waals surface area contributed by atoms with E-state index in [0.717, 1.165) is 0 Å². The highest BCUT2D eigenvalue weighted by atomic mass is 16.4. The highest BCUT2D eigenvalue weighted by Gasteiger charge is 1.85. The van der Waals surface area contributed by atoms with Crippen LogP contribution in [0.3, 0.4) is 0 Å². The molecule has 0 amide bonds. The van der Waals surface area contributed by atoms with E-state index in [-0.39, 0.29) is 0 Å². The Bertz CT molecular complexity index is 180. The van der Waals surface area contributed by atoms with Crippen molar-refractivity contribution in [3.8, 4) is 0 Å². The third-order valence-corrected chi connectivity index (χ3v) is 0.610. The summed E-state index contributed by atoms with van der Waals surface area (Å²) in [5.74, 6) is 0. The van der Waals surface area contributed by atoms with E-state index in [1.54, 1.807) is 0 Å². The largest absolute Gasteiger partial charge is 0.528 e. The third kappa shape index (κ3) is 0.651. The molecule has 0 spiro atoms. The van der Waals surface area contributed by atoms with Crippen LogP contribution in [-0.4, -0.2) is 21.1 Å². The predicted octanol–water partition coefficient (Wildman–Crippen LogP) is -1.53. The van der Waals surface area contributed by atoms with Gasteiger partial charge in [-0.2, -0.15) is 0 Å². The molecule has 0 aliphatic rings. The SMILES string of the molecule is O=C([O-])n1ccnn1. The molecule has 0 aromatic carbocycles. The van der Waals surface area contributed by atoms with Crippen molar-refractivity contribution in [2.75, 3.05) is 0 Å². The summed E-state index contributed by atoms with van der Waals surface area (Å²) in [5, 5.41) is 16.2. The summed E-state index contributed by atoms with van der Waals surface area (Å²) in [4.78, 5) is 9.81. The number of hydrogen-bond donors (Lipinski definition) is 0. The topological polar surface area (TPSA) is 70.8 Å². The van der Waals surface area contributed by atoms with Gasteiger partial charge in [0.1, 0.15) is 0 Å². The van der Waals surface area contributed by atoms with Crippen molar-refractivity contribution in [3.63, 3.8) is 0 Å². The minimum Gasteiger partial charge on any atom is -0.528 e. The summed E-state index contributed by atoms with van der Waals surface area (Å²) in [6, 6.07) is 0. The Labute approximate surface area is 44.5 Å². The molecule has 1 rings (SSSR count). The Morgan fingerprint density at radius 2 is 2.50 bits per heavy atom. The molecule has 0 aliphatic carbocycles. The first kappa shape index (κ1) is 4.76. The molecule has 1 aromatic heterocycles. The van der Waals surface area contributed by atoms with Crippen molar-refractivity contribution in [1.29, 1.82) is 0 Å². The van der Waals surface area contributed by atoms with Gasteiger partial charge >= 0.3 is 0 Å². The average molecular weight is 112 g/mol. The van der Waals surface area contributed by atoms with E-state index in [2.05, 4.69) is 10.3 Å². The Morgan fingerprint density at radius 1 is 1.75 bits per heavy atom. The lowest BCUT2D eigenvalue weighted by molar-refractivity contribution is -0.251. The van der Waals surface area contributed by atoms with E-state index in [1.165, 1.54) is 12.4 Å². The highest BCUT2D eigenvalue weighted by molar-refractivity contribution is 5.63. The van der Waals surface area contributed by atoms with Crippen LogP contribution in [0.4, 0.5) is 4.79 Å². The molecule has 0 radical (unpaired) electrons. The molecular formula is C3H2N3O2-. The number of carboxylic acid groups (broad SMARTS) is 1. The maximum atomic E-state index is 9.81. The van der Waals surface area contributed by atoms with Crippen LogP contribution in [0.15, 0.2) is 12.4 Å². The van der Waals surface area contributed by atoms with Crippen molar-refractivity contribution < 1.29 is 9.90 Å². The van der Waals surface area contributed by atoms with Gasteiger partial charge in [-0.15, -0.1) is 5.10 Å². The Kier molecular flexibility index (Phi) is 0.957. The van der Waals surface area contributed by atoms with Crippen LogP contribution in [0.1, 0.15) is 0 Å². The fourth-order valence-corrected chi connectivity index (χ4v) is 0.306. The van der Waals surface area contributed by atoms with Crippen LogP contribution in [0, 0.1) is 0 Å². The van der Waals surface area contributed by atoms with Gasteiger partial charge in [0, 0.05) is 0 Å². The monoisotopic (exact) mass is 112 g/mol. The lowest BCUT2D eigenvalue weighted by atomic mass is 10.9. The number of nitrogens with zero attached hydrogens (tertiary/aromatic N) is 3. The maximum absolute atomic E-state index is 9.81. The number of carbonyl (C=O) groups is 1. The second-order valence-corrected chi connectivity index (χ2v) is 1.11. The standard InChI is InChI=1S/C3H3N3O2/c7-3(8)6-2-1-4-5-6/h1-2H,(H,7,8)/p-1. The van der Waals surface area contributed by atoms with Gasteiger partial charge < -0.3 is 9.90 Å². The van der Waals surface area contributed by atoms with Gasteiger partial charge in [-0.1, -0.05) is 5.21 Å². The first-order valence-corrected chi connectivity index (χ1v) is 1.88. The third-order valence-electron chi connectivity index (χ3n) is 0.610. The van der Waals surface area contributed by atoms with Gasteiger partial charge in [0.15, 0.2) is 6.09 Å². The van der Waals surface area contributed by atoms with Crippen molar-refractivity contribution in [1.82, 2.24) is 15.0 Å². The van der Waals surface area contributed by atoms with E-state index in [9.17, 15) is 9.90 Å². The number of hydrogen-bond acceptors (Lipinski definition) is 4. The second kappa shape index (κ2) is 1.61. The molecule has 5 heteroatoms. The maximum Gasteiger partial charge on any atom is 0.165 e. The minimum absolute atomic E-state index is 0.611. The van der Waals surface area contributed by atoms with Gasteiger partial charge in [0.25, 0.3) is 0 Å². The molecule has 1 heterocycles. The summed E-state index contributed by atoms with van der Waals surface area (Å²) in [5.41, 5.74) is 0. The van der Waals surface area contributed by atoms with E-state index in [0.29, 0.717) is 4.68 Å². The van der Waals surface area contributed by atoms with Gasteiger partial charge in [-0.3, -0.25) is 0 Å². The van der Waals surface area contributed by atoms with E-state index in [1.807, 2.05) is 0 Å². The predicted molar refractivity (Wildman–Crippen MR) is 20.8 cm³/mol. The summed E-state index contributed by atoms with van der Waals surface area (Å²) in [6.45, 7) is 0. The van der Waals surface area contributed by atoms with Crippen LogP contribution < -0.4 is 5.11 Å². The van der Waals surface area contributed by atoms with Crippen LogP contribution in [0.2, 0.25) is 0 Å². The molecule has 0 bridgehead atoms. The zero-order valence-electron chi connectivity index (χ0n) is 3.81. The van der Waals surface area contributed by atoms with E-state index >= 15 is 0 Å². The Hall–Kier alpha value is -1.39. The van der Waals surface area contributed by atoms with Gasteiger partial charge in [0.05, 0.1) is 12.4 Å². The molecule has 8 heavy (non-hydrogen) atoms. The molecular weight excluding hydrogens is 110 g/mol. The summed E-state index contributed by atoms with van der Waals surface area (Å²) < 4.78 is 0.611. The quantitative estimate of drug-likeness (QED) is 0.408. The summed E-state index contributed by atoms with van der Waals surface area (Å²) >= 11 is 0. The first-order chi connectivity index (χ1) is 3.80. The molecule has 42 valence electrons. The number of carbonyl (C=O) groups excluding carboxylic acids is 1. The van der Waals surface area contributed by atoms with Crippen molar-refractivity contribution >= 4 is 6.09 Å². The van der Waals surface area contributed by atoms with Crippen molar-refractivity contribution in [2.24, 2.45) is 0 Å². The van der Waals surface area contributed by atoms with E-state index in [4.69, 9.17) is 0 Å². The normalized spacial score (nSPS) is 9.00. The Morgan fingerprint density at radius 3 is 2.75 bits per heavy atom. The average Bonchev–Trinajstić information content (AvgIpc) is 2.12. The molecule has 0 saturated carbocycles. The van der Waals surface area contributed by atoms with Crippen LogP contribution in [-0.2, 0) is 0 Å². The van der Waals surface area contributed by atoms with Crippen LogP contribution >= 0.6 is 0 Å². The number of aromatic nitrogens is 3. The van der Waals surface area contributed by atoms with E-state index < -0.39 is 6.09 Å². The lowest BCUT2D eigenvalue weighted by Crippen LogP contribution is -2.29. The molecule has 0 atom stereocenters. The highest BCUT2D eigenvalue weighted by Crippen LogP contribution is 1.73. The van der Waals surface area contributed by atoms with Crippen molar-refractivity contribution in [2.45, 2.75) is 0 Å². The molecule has 1 aromatic rings. The first-order valence-electron chi connectivity index (χ1n) is 1.88. The zero-order valence-corrected chi connectivity index (χ0v) is 3.81.